The van der Waals surface area contributed by atoms with E-state index in [1.165, 1.54) is 11.3 Å². The molecule has 1 unspecified atom stereocenters. The lowest BCUT2D eigenvalue weighted by atomic mass is 10.1. The summed E-state index contributed by atoms with van der Waals surface area (Å²) in [5.74, 6) is -0.0141. The number of rotatable bonds is 6. The Morgan fingerprint density at radius 2 is 2.05 bits per heavy atom. The van der Waals surface area contributed by atoms with Gasteiger partial charge in [-0.1, -0.05) is 6.07 Å². The minimum absolute atomic E-state index is 0.0141. The number of carbonyl (C=O) groups excluding carboxylic acids is 1. The number of hydrogen-bond acceptors (Lipinski definition) is 5. The predicted octanol–water partition coefficient (Wildman–Crippen LogP) is 2.49. The van der Waals surface area contributed by atoms with Crippen LogP contribution in [0.4, 0.5) is 5.69 Å². The van der Waals surface area contributed by atoms with Crippen molar-refractivity contribution >= 4 is 40.5 Å². The molecule has 116 valence electrons. The van der Waals surface area contributed by atoms with Crippen molar-refractivity contribution in [3.05, 3.63) is 46.9 Å². The Bertz CT molecular complexity index is 649. The van der Waals surface area contributed by atoms with Crippen LogP contribution >= 0.6 is 11.3 Å². The number of hydrogen-bond donors (Lipinski definition) is 0. The summed E-state index contributed by atoms with van der Waals surface area (Å²) in [6.07, 6.45) is 3.76. The summed E-state index contributed by atoms with van der Waals surface area (Å²) in [5, 5.41) is 2.31. The molecule has 22 heavy (non-hydrogen) atoms. The van der Waals surface area contributed by atoms with E-state index in [1.807, 2.05) is 72.5 Å². The van der Waals surface area contributed by atoms with Gasteiger partial charge in [0.15, 0.2) is 12.4 Å². The van der Waals surface area contributed by atoms with Crippen LogP contribution in [0, 0.1) is 0 Å². The van der Waals surface area contributed by atoms with Gasteiger partial charge in [0.2, 0.25) is 11.8 Å². The molecule has 2 heterocycles. The fourth-order valence-electron chi connectivity index (χ4n) is 2.07. The van der Waals surface area contributed by atoms with Crippen LogP contribution in [0.1, 0.15) is 22.6 Å². The third kappa shape index (κ3) is 3.69. The average molecular weight is 333 g/mol. The molecule has 0 spiro atoms. The lowest BCUT2D eigenvalue weighted by molar-refractivity contribution is -0.691. The van der Waals surface area contributed by atoms with Gasteiger partial charge in [-0.2, -0.15) is 4.57 Å². The zero-order valence-electron chi connectivity index (χ0n) is 12.9. The molecule has 0 fully saturated rings. The van der Waals surface area contributed by atoms with E-state index in [-0.39, 0.29) is 5.78 Å². The smallest absolute Gasteiger partial charge is 0.244 e. The van der Waals surface area contributed by atoms with Crippen LogP contribution in [0.3, 0.4) is 0 Å². The van der Waals surface area contributed by atoms with Gasteiger partial charge < -0.3 is 22.5 Å². The van der Waals surface area contributed by atoms with Gasteiger partial charge >= 0.3 is 0 Å². The topological polar surface area (TPSA) is 36.6 Å². The highest BCUT2D eigenvalue weighted by Gasteiger charge is 2.28. The van der Waals surface area contributed by atoms with Crippen molar-refractivity contribution in [2.24, 2.45) is 4.99 Å². The molecule has 0 bridgehead atoms. The zero-order valence-corrected chi connectivity index (χ0v) is 14.5. The third-order valence-electron chi connectivity index (χ3n) is 3.21. The molecule has 4 nitrogen and oxygen atoms in total. The fourth-order valence-corrected chi connectivity index (χ4v) is 3.12. The number of Topliss-reactive ketones (excluding diaryl/α,β-unsaturated/α-hetero) is 1. The van der Waals surface area contributed by atoms with E-state index in [9.17, 15) is 4.79 Å². The van der Waals surface area contributed by atoms with Crippen LogP contribution in [0.2, 0.25) is 0 Å². The maximum absolute atomic E-state index is 12.8. The van der Waals surface area contributed by atoms with Gasteiger partial charge in [0.05, 0.1) is 4.88 Å². The Morgan fingerprint density at radius 3 is 2.55 bits per heavy atom. The molecule has 0 aliphatic rings. The molecule has 0 aliphatic carbocycles. The number of carbonyl (C=O) groups is 1. The number of aliphatic imine (C=N–C) groups is 1. The molecule has 6 heteroatoms. The number of thiophene rings is 1. The van der Waals surface area contributed by atoms with Crippen molar-refractivity contribution < 1.29 is 9.36 Å². The van der Waals surface area contributed by atoms with E-state index in [0.29, 0.717) is 16.5 Å². The maximum Gasteiger partial charge on any atom is 0.244 e. The van der Waals surface area contributed by atoms with Crippen molar-refractivity contribution in [3.63, 3.8) is 0 Å². The Balaban J connectivity index is 2.40. The van der Waals surface area contributed by atoms with Gasteiger partial charge in [-0.05, 0) is 23.4 Å². The van der Waals surface area contributed by atoms with Gasteiger partial charge in [0.25, 0.3) is 0 Å². The second kappa shape index (κ2) is 7.47. The molecule has 0 saturated carbocycles. The van der Waals surface area contributed by atoms with E-state index < -0.39 is 6.04 Å². The first-order chi connectivity index (χ1) is 10.5. The third-order valence-corrected chi connectivity index (χ3v) is 4.45. The molecular weight excluding hydrogens is 314 g/mol. The van der Waals surface area contributed by atoms with E-state index in [0.717, 1.165) is 5.69 Å². The highest BCUT2D eigenvalue weighted by atomic mass is 32.1. The Kier molecular flexibility index (Phi) is 5.63. The summed E-state index contributed by atoms with van der Waals surface area (Å²) in [4.78, 5) is 19.8. The van der Waals surface area contributed by atoms with E-state index in [1.54, 1.807) is 0 Å². The van der Waals surface area contributed by atoms with Crippen molar-refractivity contribution in [1.82, 2.24) is 0 Å². The summed E-state index contributed by atoms with van der Waals surface area (Å²) in [6.45, 7) is 2.49. The first-order valence-electron chi connectivity index (χ1n) is 7.01. The second-order valence-electron chi connectivity index (χ2n) is 4.95. The largest absolute Gasteiger partial charge is 0.758 e. The standard InChI is InChI=1S/C16H19N3OS2/c1-4-17-16(21)14(15(20)13-6-5-11-22-13)19-9-7-12(8-10-19)18(2)3/h5-11,14H,4H2,1-3H3. The highest BCUT2D eigenvalue weighted by molar-refractivity contribution is 7.77. The van der Waals surface area contributed by atoms with Crippen LogP contribution < -0.4 is 9.47 Å². The number of anilines is 1. The second-order valence-corrected chi connectivity index (χ2v) is 6.32. The van der Waals surface area contributed by atoms with Gasteiger partial charge in [-0.15, -0.1) is 11.3 Å². The zero-order chi connectivity index (χ0) is 16.1. The molecule has 0 radical (unpaired) electrons. The van der Waals surface area contributed by atoms with Gasteiger partial charge in [0, 0.05) is 38.5 Å². The van der Waals surface area contributed by atoms with Crippen molar-refractivity contribution in [1.29, 1.82) is 0 Å². The molecule has 1 atom stereocenters. The summed E-state index contributed by atoms with van der Waals surface area (Å²) < 4.78 is 1.83. The molecule has 2 rings (SSSR count). The quantitative estimate of drug-likeness (QED) is 0.268. The normalized spacial score (nSPS) is 13.0. The fraction of sp³-hybridized carbons (Fsp3) is 0.312. The molecule has 0 amide bonds. The highest BCUT2D eigenvalue weighted by Crippen LogP contribution is 2.17. The monoisotopic (exact) mass is 333 g/mol. The minimum atomic E-state index is -0.565. The molecule has 0 saturated heterocycles. The first-order valence-corrected chi connectivity index (χ1v) is 8.30. The van der Waals surface area contributed by atoms with Crippen molar-refractivity contribution in [3.8, 4) is 0 Å². The summed E-state index contributed by atoms with van der Waals surface area (Å²) >= 11 is 6.80. The Morgan fingerprint density at radius 1 is 1.36 bits per heavy atom. The van der Waals surface area contributed by atoms with Crippen molar-refractivity contribution in [2.75, 3.05) is 25.5 Å². The molecule has 2 aromatic heterocycles. The molecule has 2 aromatic rings. The Labute approximate surface area is 140 Å². The van der Waals surface area contributed by atoms with E-state index >= 15 is 0 Å². The average Bonchev–Trinajstić information content (AvgIpc) is 3.02. The first kappa shape index (κ1) is 16.6. The lowest BCUT2D eigenvalue weighted by Gasteiger charge is -2.18. The molecule has 0 aliphatic heterocycles. The van der Waals surface area contributed by atoms with Crippen LogP contribution in [0.5, 0.6) is 0 Å². The Hall–Kier alpha value is -1.79. The molecule has 0 aromatic carbocycles. The number of aromatic nitrogens is 1. The van der Waals surface area contributed by atoms with Crippen LogP contribution in [-0.2, 0) is 12.6 Å². The van der Waals surface area contributed by atoms with Gasteiger partial charge in [-0.25, -0.2) is 0 Å². The van der Waals surface area contributed by atoms with Crippen LogP contribution in [0.15, 0.2) is 47.0 Å². The SMILES string of the molecule is CCN=C([S-])C(C(=O)c1cccs1)[n+]1ccc(N(C)C)cc1. The molecular formula is C16H19N3OS2. The van der Waals surface area contributed by atoms with Crippen molar-refractivity contribution in [2.45, 2.75) is 13.0 Å². The number of ketones is 1. The molecule has 0 N–H and O–H groups in total. The van der Waals surface area contributed by atoms with Gasteiger partial charge in [-0.3, -0.25) is 4.79 Å². The summed E-state index contributed by atoms with van der Waals surface area (Å²) in [6, 6.07) is 7.05. The number of nitrogens with zero attached hydrogens (tertiary/aromatic N) is 3. The van der Waals surface area contributed by atoms with Crippen LogP contribution in [-0.4, -0.2) is 31.5 Å². The van der Waals surface area contributed by atoms with E-state index in [2.05, 4.69) is 4.99 Å². The lowest BCUT2D eigenvalue weighted by Crippen LogP contribution is -2.47. The maximum atomic E-state index is 12.8. The summed E-state index contributed by atoms with van der Waals surface area (Å²) in [7, 11) is 3.95. The predicted molar refractivity (Wildman–Crippen MR) is 94.0 cm³/mol. The van der Waals surface area contributed by atoms with Crippen LogP contribution in [0.25, 0.3) is 0 Å². The minimum Gasteiger partial charge on any atom is -0.758 e. The summed E-state index contributed by atoms with van der Waals surface area (Å²) in [5.41, 5.74) is 1.07. The van der Waals surface area contributed by atoms with Gasteiger partial charge in [0.1, 0.15) is 0 Å². The van der Waals surface area contributed by atoms with E-state index in [4.69, 9.17) is 12.6 Å². The number of pyridine rings is 1.